The van der Waals surface area contributed by atoms with Crippen LogP contribution in [-0.4, -0.2) is 48.2 Å². The van der Waals surface area contributed by atoms with Crippen LogP contribution >= 0.6 is 0 Å². The Morgan fingerprint density at radius 1 is 0.974 bits per heavy atom. The average Bonchev–Trinajstić information content (AvgIpc) is 2.88. The van der Waals surface area contributed by atoms with Crippen molar-refractivity contribution in [3.05, 3.63) is 70.5 Å². The second-order valence-corrected chi connectivity index (χ2v) is 11.0. The van der Waals surface area contributed by atoms with Gasteiger partial charge in [-0.2, -0.15) is 0 Å². The second-order valence-electron chi connectivity index (χ2n) is 11.0. The number of benzene rings is 2. The summed E-state index contributed by atoms with van der Waals surface area (Å²) in [5.41, 5.74) is 0.914. The lowest BCUT2D eigenvalue weighted by molar-refractivity contribution is -0.134. The van der Waals surface area contributed by atoms with Crippen molar-refractivity contribution in [2.75, 3.05) is 19.6 Å². The molecule has 2 amide bonds. The molecule has 1 aliphatic heterocycles. The third-order valence-corrected chi connectivity index (χ3v) is 7.83. The number of nitrogens with one attached hydrogen (secondary N) is 2. The fourth-order valence-corrected chi connectivity index (χ4v) is 5.41. The Hall–Kier alpha value is -3.20. The van der Waals surface area contributed by atoms with E-state index in [9.17, 15) is 27.6 Å². The van der Waals surface area contributed by atoms with Crippen molar-refractivity contribution in [3.63, 3.8) is 0 Å². The lowest BCUT2D eigenvalue weighted by atomic mass is 9.80. The van der Waals surface area contributed by atoms with Crippen molar-refractivity contribution < 1.29 is 30.4 Å². The van der Waals surface area contributed by atoms with Gasteiger partial charge in [-0.15, -0.1) is 0 Å². The third-order valence-electron chi connectivity index (χ3n) is 7.83. The Bertz CT molecular complexity index is 1220. The van der Waals surface area contributed by atoms with E-state index in [0.717, 1.165) is 49.8 Å². The van der Waals surface area contributed by atoms with Crippen LogP contribution in [0.15, 0.2) is 36.4 Å². The van der Waals surface area contributed by atoms with Gasteiger partial charge in [0.05, 0.1) is 18.2 Å². The number of ketones is 1. The van der Waals surface area contributed by atoms with Gasteiger partial charge < -0.3 is 15.5 Å². The largest absolute Gasteiger partial charge is 0.342 e. The van der Waals surface area contributed by atoms with E-state index in [-0.39, 0.29) is 56.5 Å². The maximum absolute atomic E-state index is 14.7. The highest BCUT2D eigenvalue weighted by Crippen LogP contribution is 2.30. The van der Waals surface area contributed by atoms with Crippen LogP contribution in [0.1, 0.15) is 76.2 Å². The van der Waals surface area contributed by atoms with Crippen LogP contribution in [0.3, 0.4) is 0 Å². The van der Waals surface area contributed by atoms with Gasteiger partial charge in [0.2, 0.25) is 5.91 Å². The number of carbonyl (C=O) groups is 3. The maximum atomic E-state index is 14.7. The van der Waals surface area contributed by atoms with Gasteiger partial charge in [-0.1, -0.05) is 45.2 Å². The minimum Gasteiger partial charge on any atom is -0.342 e. The van der Waals surface area contributed by atoms with Crippen LogP contribution in [0.4, 0.5) is 13.2 Å². The summed E-state index contributed by atoms with van der Waals surface area (Å²) in [4.78, 5) is 40.2. The molecule has 6 nitrogen and oxygen atoms in total. The highest BCUT2D eigenvalue weighted by molar-refractivity contribution is 5.98. The van der Waals surface area contributed by atoms with Crippen molar-refractivity contribution >= 4 is 17.6 Å². The predicted octanol–water partition coefficient (Wildman–Crippen LogP) is 5.22. The highest BCUT2D eigenvalue weighted by Gasteiger charge is 2.34. The standard InChI is InChI=1S/C30H36F3N3O3.2H2/c1-18(2)29(38)28(19-6-4-3-5-7-19)35-30(39)24-12-20(9-11-25(24)32)22-16-36(17-22)27(37)15-34-14-21-8-10-23(31)13-26(21)33;;/h8-13,18-19,22,28,34H,3-7,14-17H2,1-2H3,(H,35,39);2*1H/t28-;;/m1../s1. The topological polar surface area (TPSA) is 78.5 Å². The smallest absolute Gasteiger partial charge is 0.254 e. The van der Waals surface area contributed by atoms with Crippen molar-refractivity contribution in [1.29, 1.82) is 0 Å². The van der Waals surface area contributed by atoms with Gasteiger partial charge in [-0.05, 0) is 42.5 Å². The van der Waals surface area contributed by atoms with Gasteiger partial charge in [-0.25, -0.2) is 13.2 Å². The molecule has 0 spiro atoms. The first-order chi connectivity index (χ1) is 18.6. The zero-order valence-electron chi connectivity index (χ0n) is 22.4. The van der Waals surface area contributed by atoms with E-state index in [1.54, 1.807) is 11.0 Å². The second kappa shape index (κ2) is 12.8. The Morgan fingerprint density at radius 2 is 1.69 bits per heavy atom. The molecule has 1 saturated heterocycles. The first kappa shape index (κ1) is 28.8. The Balaban J connectivity index is 0.00000294. The van der Waals surface area contributed by atoms with E-state index < -0.39 is 29.4 Å². The Morgan fingerprint density at radius 3 is 2.36 bits per heavy atom. The number of hydrogen-bond acceptors (Lipinski definition) is 4. The zero-order valence-corrected chi connectivity index (χ0v) is 22.4. The molecule has 2 aromatic rings. The molecule has 2 fully saturated rings. The molecule has 39 heavy (non-hydrogen) atoms. The molecule has 1 atom stereocenters. The molecule has 0 bridgehead atoms. The molecule has 0 unspecified atom stereocenters. The van der Waals surface area contributed by atoms with Crippen LogP contribution in [-0.2, 0) is 16.1 Å². The van der Waals surface area contributed by atoms with Crippen LogP contribution in [0.2, 0.25) is 0 Å². The summed E-state index contributed by atoms with van der Waals surface area (Å²) >= 11 is 0. The number of hydrogen-bond donors (Lipinski definition) is 2. The summed E-state index contributed by atoms with van der Waals surface area (Å²) in [6.45, 7) is 4.53. The van der Waals surface area contributed by atoms with E-state index in [2.05, 4.69) is 10.6 Å². The molecule has 1 heterocycles. The van der Waals surface area contributed by atoms with E-state index in [1.807, 2.05) is 13.8 Å². The van der Waals surface area contributed by atoms with Gasteiger partial charge in [-0.3, -0.25) is 14.4 Å². The summed E-state index contributed by atoms with van der Waals surface area (Å²) < 4.78 is 41.5. The summed E-state index contributed by atoms with van der Waals surface area (Å²) in [5, 5.41) is 5.72. The van der Waals surface area contributed by atoms with Crippen molar-refractivity contribution in [3.8, 4) is 0 Å². The lowest BCUT2D eigenvalue weighted by Gasteiger charge is -2.40. The Labute approximate surface area is 230 Å². The van der Waals surface area contributed by atoms with E-state index >= 15 is 0 Å². The average molecular weight is 548 g/mol. The number of rotatable bonds is 10. The van der Waals surface area contributed by atoms with E-state index in [1.165, 1.54) is 18.2 Å². The normalized spacial score (nSPS) is 17.1. The van der Waals surface area contributed by atoms with Crippen molar-refractivity contribution in [2.45, 2.75) is 64.5 Å². The first-order valence-corrected chi connectivity index (χ1v) is 13.7. The molecule has 0 aromatic heterocycles. The number of likely N-dealkylation sites (tertiary alicyclic amines) is 1. The van der Waals surface area contributed by atoms with Gasteiger partial charge in [0, 0.05) is 46.0 Å². The number of Topliss-reactive ketones (excluding diaryl/α,β-unsaturated/α-hetero) is 1. The molecule has 9 heteroatoms. The van der Waals surface area contributed by atoms with Gasteiger partial charge in [0.15, 0.2) is 5.78 Å². The summed E-state index contributed by atoms with van der Waals surface area (Å²) in [5.74, 6) is -3.01. The molecule has 1 saturated carbocycles. The number of amides is 2. The minimum atomic E-state index is -0.672. The SMILES string of the molecule is CC(C)C(=O)[C@H](NC(=O)c1cc(C2CN(C(=O)CNCc3ccc(F)cc3F)C2)ccc1F)C1CCCCC1.[HH].[HH]. The molecule has 4 rings (SSSR count). The van der Waals surface area contributed by atoms with Crippen molar-refractivity contribution in [2.24, 2.45) is 11.8 Å². The molecule has 2 aromatic carbocycles. The molecule has 1 aliphatic carbocycles. The van der Waals surface area contributed by atoms with Crippen LogP contribution in [0.25, 0.3) is 0 Å². The Kier molecular flexibility index (Phi) is 9.43. The number of carbonyl (C=O) groups excluding carboxylic acids is 3. The fourth-order valence-electron chi connectivity index (χ4n) is 5.41. The van der Waals surface area contributed by atoms with Gasteiger partial charge >= 0.3 is 0 Å². The lowest BCUT2D eigenvalue weighted by Crippen LogP contribution is -2.51. The molecule has 214 valence electrons. The number of halogens is 3. The van der Waals surface area contributed by atoms with Crippen LogP contribution in [0, 0.1) is 29.3 Å². The minimum absolute atomic E-state index is 0. The molecule has 0 radical (unpaired) electrons. The molecule has 2 aliphatic rings. The fraction of sp³-hybridized carbons (Fsp3) is 0.500. The van der Waals surface area contributed by atoms with Crippen LogP contribution in [0.5, 0.6) is 0 Å². The first-order valence-electron chi connectivity index (χ1n) is 13.7. The predicted molar refractivity (Wildman–Crippen MR) is 146 cm³/mol. The highest BCUT2D eigenvalue weighted by atomic mass is 19.1. The maximum Gasteiger partial charge on any atom is 0.254 e. The van der Waals surface area contributed by atoms with Crippen molar-refractivity contribution in [1.82, 2.24) is 15.5 Å². The molecular formula is C30H40F3N3O3. The summed E-state index contributed by atoms with van der Waals surface area (Å²) in [7, 11) is 0. The van der Waals surface area contributed by atoms with E-state index in [4.69, 9.17) is 0 Å². The molecule has 2 N–H and O–H groups in total. The summed E-state index contributed by atoms with van der Waals surface area (Å²) in [6.07, 6.45) is 4.88. The van der Waals surface area contributed by atoms with Crippen LogP contribution < -0.4 is 10.6 Å². The molecular weight excluding hydrogens is 507 g/mol. The zero-order chi connectivity index (χ0) is 28.1. The quantitative estimate of drug-likeness (QED) is 0.428. The third kappa shape index (κ3) is 7.06. The van der Waals surface area contributed by atoms with Gasteiger partial charge in [0.25, 0.3) is 5.91 Å². The summed E-state index contributed by atoms with van der Waals surface area (Å²) in [6, 6.07) is 7.06. The number of nitrogens with zero attached hydrogens (tertiary/aromatic N) is 1. The van der Waals surface area contributed by atoms with Gasteiger partial charge in [0.1, 0.15) is 17.5 Å². The van der Waals surface area contributed by atoms with E-state index in [0.29, 0.717) is 13.1 Å². The monoisotopic (exact) mass is 547 g/mol.